The van der Waals surface area contributed by atoms with Crippen LogP contribution in [0.5, 0.6) is 5.75 Å². The Kier molecular flexibility index (Phi) is 8.02. The smallest absolute Gasteiger partial charge is 0.305 e. The van der Waals surface area contributed by atoms with Gasteiger partial charge in [-0.2, -0.15) is 0 Å². The van der Waals surface area contributed by atoms with Gasteiger partial charge in [-0.1, -0.05) is 79.2 Å². The molecule has 6 heteroatoms. The van der Waals surface area contributed by atoms with Crippen molar-refractivity contribution in [1.82, 2.24) is 0 Å². The highest BCUT2D eigenvalue weighted by Crippen LogP contribution is 2.37. The SMILES string of the molecule is CCCC(N)(CC(=O)O)c1ccc(Sc2cccc(OCc3ccccc3)c2)cc1Cl. The summed E-state index contributed by atoms with van der Waals surface area (Å²) in [6.45, 7) is 2.49. The second-order valence-corrected chi connectivity index (χ2v) is 9.02. The number of hydrogen-bond acceptors (Lipinski definition) is 4. The van der Waals surface area contributed by atoms with Crippen molar-refractivity contribution >= 4 is 29.3 Å². The van der Waals surface area contributed by atoms with E-state index in [0.717, 1.165) is 27.5 Å². The Balaban J connectivity index is 1.73. The largest absolute Gasteiger partial charge is 0.489 e. The van der Waals surface area contributed by atoms with Gasteiger partial charge in [-0.05, 0) is 47.9 Å². The minimum Gasteiger partial charge on any atom is -0.489 e. The molecule has 0 aliphatic rings. The van der Waals surface area contributed by atoms with Crippen LogP contribution in [0.15, 0.2) is 82.6 Å². The molecule has 162 valence electrons. The number of hydrogen-bond donors (Lipinski definition) is 2. The normalized spacial score (nSPS) is 12.9. The van der Waals surface area contributed by atoms with Crippen LogP contribution in [-0.2, 0) is 16.9 Å². The van der Waals surface area contributed by atoms with Gasteiger partial charge in [0.15, 0.2) is 0 Å². The minimum atomic E-state index is -0.980. The number of halogens is 1. The highest BCUT2D eigenvalue weighted by atomic mass is 35.5. The lowest BCUT2D eigenvalue weighted by Gasteiger charge is -2.29. The third kappa shape index (κ3) is 6.50. The van der Waals surface area contributed by atoms with Crippen molar-refractivity contribution in [3.63, 3.8) is 0 Å². The molecule has 3 aromatic rings. The van der Waals surface area contributed by atoms with E-state index in [4.69, 9.17) is 22.1 Å². The maximum Gasteiger partial charge on any atom is 0.305 e. The third-order valence-corrected chi connectivity index (χ3v) is 6.22. The predicted octanol–water partition coefficient (Wildman–Crippen LogP) is 6.50. The van der Waals surface area contributed by atoms with Crippen molar-refractivity contribution in [2.75, 3.05) is 0 Å². The van der Waals surface area contributed by atoms with Gasteiger partial charge in [-0.25, -0.2) is 0 Å². The van der Waals surface area contributed by atoms with Crippen LogP contribution in [0.1, 0.15) is 37.3 Å². The van der Waals surface area contributed by atoms with E-state index in [1.165, 1.54) is 0 Å². The fraction of sp³-hybridized carbons (Fsp3) is 0.240. The molecule has 0 heterocycles. The monoisotopic (exact) mass is 455 g/mol. The molecular weight excluding hydrogens is 430 g/mol. The molecule has 4 nitrogen and oxygen atoms in total. The van der Waals surface area contributed by atoms with Crippen LogP contribution in [0.3, 0.4) is 0 Å². The zero-order valence-corrected chi connectivity index (χ0v) is 19.0. The van der Waals surface area contributed by atoms with Crippen molar-refractivity contribution in [2.45, 2.75) is 48.1 Å². The Morgan fingerprint density at radius 3 is 2.48 bits per heavy atom. The lowest BCUT2D eigenvalue weighted by atomic mass is 9.83. The molecule has 3 aromatic carbocycles. The zero-order valence-electron chi connectivity index (χ0n) is 17.4. The molecule has 0 aliphatic heterocycles. The van der Waals surface area contributed by atoms with Gasteiger partial charge in [0, 0.05) is 14.8 Å². The Morgan fingerprint density at radius 1 is 1.06 bits per heavy atom. The van der Waals surface area contributed by atoms with Crippen LogP contribution < -0.4 is 10.5 Å². The Labute approximate surface area is 192 Å². The lowest BCUT2D eigenvalue weighted by molar-refractivity contribution is -0.138. The van der Waals surface area contributed by atoms with Gasteiger partial charge in [-0.3, -0.25) is 4.79 Å². The average Bonchev–Trinajstić information content (AvgIpc) is 2.73. The van der Waals surface area contributed by atoms with Crippen LogP contribution >= 0.6 is 23.4 Å². The zero-order chi connectivity index (χ0) is 22.3. The van der Waals surface area contributed by atoms with Gasteiger partial charge < -0.3 is 15.6 Å². The summed E-state index contributed by atoms with van der Waals surface area (Å²) in [5, 5.41) is 9.77. The molecule has 0 saturated heterocycles. The number of aliphatic carboxylic acids is 1. The standard InChI is InChI=1S/C25H26ClNO3S/c1-2-13-25(27,16-24(28)29)22-12-11-21(15-23(22)26)31-20-10-6-9-19(14-20)30-17-18-7-4-3-5-8-18/h3-12,14-15H,2,13,16-17,27H2,1H3,(H,28,29). The fourth-order valence-corrected chi connectivity index (χ4v) is 4.84. The maximum absolute atomic E-state index is 11.3. The molecule has 0 aromatic heterocycles. The van der Waals surface area contributed by atoms with E-state index in [1.807, 2.05) is 79.7 Å². The Hall–Kier alpha value is -2.47. The number of nitrogens with two attached hydrogens (primary N) is 1. The van der Waals surface area contributed by atoms with Crippen LogP contribution in [0.2, 0.25) is 5.02 Å². The molecule has 0 radical (unpaired) electrons. The molecule has 0 fully saturated rings. The van der Waals surface area contributed by atoms with Crippen molar-refractivity contribution in [1.29, 1.82) is 0 Å². The van der Waals surface area contributed by atoms with Gasteiger partial charge in [-0.15, -0.1) is 0 Å². The fourth-order valence-electron chi connectivity index (χ4n) is 3.50. The van der Waals surface area contributed by atoms with Crippen LogP contribution in [0.4, 0.5) is 0 Å². The summed E-state index contributed by atoms with van der Waals surface area (Å²) in [6, 6.07) is 23.5. The van der Waals surface area contributed by atoms with Crippen LogP contribution in [0, 0.1) is 0 Å². The summed E-state index contributed by atoms with van der Waals surface area (Å²) < 4.78 is 5.91. The first kappa shape index (κ1) is 23.2. The van der Waals surface area contributed by atoms with Crippen LogP contribution in [0.25, 0.3) is 0 Å². The molecule has 0 saturated carbocycles. The van der Waals surface area contributed by atoms with Crippen molar-refractivity contribution in [3.8, 4) is 5.75 Å². The number of carboxylic acid groups (broad SMARTS) is 1. The molecule has 0 spiro atoms. The van der Waals surface area contributed by atoms with Crippen LogP contribution in [-0.4, -0.2) is 11.1 Å². The second kappa shape index (κ2) is 10.7. The van der Waals surface area contributed by atoms with Gasteiger partial charge in [0.2, 0.25) is 0 Å². The highest BCUT2D eigenvalue weighted by Gasteiger charge is 2.31. The summed E-state index contributed by atoms with van der Waals surface area (Å²) in [5.41, 5.74) is 7.25. The molecule has 3 N–H and O–H groups in total. The average molecular weight is 456 g/mol. The Morgan fingerprint density at radius 2 is 1.81 bits per heavy atom. The molecule has 0 aliphatic carbocycles. The topological polar surface area (TPSA) is 72.6 Å². The molecule has 1 atom stereocenters. The van der Waals surface area contributed by atoms with E-state index >= 15 is 0 Å². The first-order chi connectivity index (χ1) is 14.9. The van der Waals surface area contributed by atoms with E-state index in [-0.39, 0.29) is 6.42 Å². The summed E-state index contributed by atoms with van der Waals surface area (Å²) >= 11 is 8.10. The predicted molar refractivity (Wildman–Crippen MR) is 126 cm³/mol. The van der Waals surface area contributed by atoms with E-state index in [0.29, 0.717) is 23.6 Å². The van der Waals surface area contributed by atoms with E-state index in [2.05, 4.69) is 0 Å². The quantitative estimate of drug-likeness (QED) is 0.365. The number of rotatable bonds is 10. The first-order valence-corrected chi connectivity index (χ1v) is 11.3. The lowest BCUT2D eigenvalue weighted by Crippen LogP contribution is -2.39. The molecule has 0 bridgehead atoms. The van der Waals surface area contributed by atoms with E-state index in [9.17, 15) is 9.90 Å². The maximum atomic E-state index is 11.3. The van der Waals surface area contributed by atoms with Gasteiger partial charge in [0.05, 0.1) is 12.0 Å². The third-order valence-electron chi connectivity index (χ3n) is 4.93. The van der Waals surface area contributed by atoms with Crippen molar-refractivity contribution in [2.24, 2.45) is 5.73 Å². The summed E-state index contributed by atoms with van der Waals surface area (Å²) in [7, 11) is 0. The summed E-state index contributed by atoms with van der Waals surface area (Å²) in [4.78, 5) is 13.3. The van der Waals surface area contributed by atoms with Gasteiger partial charge >= 0.3 is 5.97 Å². The summed E-state index contributed by atoms with van der Waals surface area (Å²) in [6.07, 6.45) is 1.16. The summed E-state index contributed by atoms with van der Waals surface area (Å²) in [5.74, 6) is -0.139. The van der Waals surface area contributed by atoms with Crippen molar-refractivity contribution < 1.29 is 14.6 Å². The minimum absolute atomic E-state index is 0.159. The number of benzene rings is 3. The molecule has 31 heavy (non-hydrogen) atoms. The highest BCUT2D eigenvalue weighted by molar-refractivity contribution is 7.99. The Bertz CT molecular complexity index is 1030. The number of ether oxygens (including phenoxy) is 1. The van der Waals surface area contributed by atoms with Gasteiger partial charge in [0.25, 0.3) is 0 Å². The van der Waals surface area contributed by atoms with E-state index < -0.39 is 11.5 Å². The molecular formula is C25H26ClNO3S. The number of carboxylic acids is 1. The van der Waals surface area contributed by atoms with Gasteiger partial charge in [0.1, 0.15) is 12.4 Å². The molecule has 1 unspecified atom stereocenters. The second-order valence-electron chi connectivity index (χ2n) is 7.47. The molecule has 3 rings (SSSR count). The molecule has 0 amide bonds. The first-order valence-electron chi connectivity index (χ1n) is 10.1. The van der Waals surface area contributed by atoms with Crippen molar-refractivity contribution in [3.05, 3.63) is 88.9 Å². The number of carbonyl (C=O) groups is 1. The van der Waals surface area contributed by atoms with E-state index in [1.54, 1.807) is 11.8 Å².